The molecule has 1 aliphatic rings. The van der Waals surface area contributed by atoms with Gasteiger partial charge in [0.1, 0.15) is 5.56 Å². The monoisotopic (exact) mass is 340 g/mol. The lowest BCUT2D eigenvalue weighted by Gasteiger charge is -2.30. The van der Waals surface area contributed by atoms with E-state index in [0.717, 1.165) is 13.0 Å². The van der Waals surface area contributed by atoms with E-state index >= 15 is 0 Å². The van der Waals surface area contributed by atoms with Crippen LogP contribution in [0.3, 0.4) is 0 Å². The Balaban J connectivity index is 1.84. The Morgan fingerprint density at radius 3 is 2.96 bits per heavy atom. The third-order valence-electron chi connectivity index (χ3n) is 4.44. The maximum Gasteiger partial charge on any atom is 0.283 e. The van der Waals surface area contributed by atoms with Gasteiger partial charge in [0.15, 0.2) is 0 Å². The molecule has 1 aromatic carbocycles. The predicted molar refractivity (Wildman–Crippen MR) is 89.1 cm³/mol. The molecular weight excluding hydrogens is 318 g/mol. The van der Waals surface area contributed by atoms with Crippen LogP contribution in [0.25, 0.3) is 0 Å². The Morgan fingerprint density at radius 1 is 1.48 bits per heavy atom. The molecule has 2 rings (SSSR count). The SMILES string of the molecule is C[C@@H]1CCCC[NH+]1CCCNC(=O)c1ccc(Cl)cc1[N+](=O)[O-]. The van der Waals surface area contributed by atoms with Gasteiger partial charge in [-0.2, -0.15) is 0 Å². The zero-order valence-corrected chi connectivity index (χ0v) is 14.1. The summed E-state index contributed by atoms with van der Waals surface area (Å²) in [5, 5.41) is 14.0. The molecule has 0 saturated carbocycles. The van der Waals surface area contributed by atoms with Crippen molar-refractivity contribution in [3.63, 3.8) is 0 Å². The first kappa shape index (κ1) is 17.7. The quantitative estimate of drug-likeness (QED) is 0.471. The summed E-state index contributed by atoms with van der Waals surface area (Å²) in [5.41, 5.74) is -0.205. The number of likely N-dealkylation sites (tertiary alicyclic amines) is 1. The van der Waals surface area contributed by atoms with Gasteiger partial charge in [-0.25, -0.2) is 0 Å². The van der Waals surface area contributed by atoms with E-state index in [0.29, 0.717) is 12.6 Å². The molecule has 1 amide bonds. The average Bonchev–Trinajstić information content (AvgIpc) is 2.52. The normalized spacial score (nSPS) is 21.0. The van der Waals surface area contributed by atoms with Gasteiger partial charge in [-0.3, -0.25) is 14.9 Å². The molecule has 23 heavy (non-hydrogen) atoms. The zero-order chi connectivity index (χ0) is 16.8. The number of piperidine rings is 1. The van der Waals surface area contributed by atoms with Crippen LogP contribution in [0.15, 0.2) is 18.2 Å². The number of quaternary nitrogens is 1. The van der Waals surface area contributed by atoms with Gasteiger partial charge < -0.3 is 10.2 Å². The molecule has 7 heteroatoms. The highest BCUT2D eigenvalue weighted by atomic mass is 35.5. The van der Waals surface area contributed by atoms with Crippen molar-refractivity contribution in [3.8, 4) is 0 Å². The lowest BCUT2D eigenvalue weighted by molar-refractivity contribution is -0.928. The number of nitro groups is 1. The number of nitro benzene ring substituents is 1. The first-order valence-corrected chi connectivity index (χ1v) is 8.43. The van der Waals surface area contributed by atoms with Crippen LogP contribution >= 0.6 is 11.6 Å². The molecule has 1 heterocycles. The number of benzene rings is 1. The summed E-state index contributed by atoms with van der Waals surface area (Å²) in [7, 11) is 0. The van der Waals surface area contributed by atoms with Crippen LogP contribution in [0.4, 0.5) is 5.69 Å². The fourth-order valence-electron chi connectivity index (χ4n) is 3.08. The minimum Gasteiger partial charge on any atom is -0.352 e. The molecule has 0 aromatic heterocycles. The molecule has 2 N–H and O–H groups in total. The first-order chi connectivity index (χ1) is 11.0. The second-order valence-electron chi connectivity index (χ2n) is 6.08. The van der Waals surface area contributed by atoms with Crippen molar-refractivity contribution in [2.75, 3.05) is 19.6 Å². The first-order valence-electron chi connectivity index (χ1n) is 8.05. The van der Waals surface area contributed by atoms with Crippen molar-refractivity contribution in [2.45, 2.75) is 38.6 Å². The van der Waals surface area contributed by atoms with E-state index in [4.69, 9.17) is 11.6 Å². The lowest BCUT2D eigenvalue weighted by atomic mass is 10.0. The molecule has 6 nitrogen and oxygen atoms in total. The van der Waals surface area contributed by atoms with Gasteiger partial charge in [-0.1, -0.05) is 11.6 Å². The summed E-state index contributed by atoms with van der Waals surface area (Å²) in [4.78, 5) is 24.1. The number of halogens is 1. The van der Waals surface area contributed by atoms with Crippen molar-refractivity contribution >= 4 is 23.2 Å². The third-order valence-corrected chi connectivity index (χ3v) is 4.68. The molecule has 1 saturated heterocycles. The van der Waals surface area contributed by atoms with E-state index in [-0.39, 0.29) is 16.3 Å². The van der Waals surface area contributed by atoms with E-state index in [1.807, 2.05) is 0 Å². The lowest BCUT2D eigenvalue weighted by Crippen LogP contribution is -3.16. The van der Waals surface area contributed by atoms with Gasteiger partial charge in [0.2, 0.25) is 0 Å². The summed E-state index contributed by atoms with van der Waals surface area (Å²) in [6.07, 6.45) is 4.70. The molecule has 1 aromatic rings. The van der Waals surface area contributed by atoms with Crippen LogP contribution < -0.4 is 10.2 Å². The number of amides is 1. The number of nitrogens with one attached hydrogen (secondary N) is 2. The van der Waals surface area contributed by atoms with Gasteiger partial charge in [-0.05, 0) is 38.3 Å². The average molecular weight is 341 g/mol. The largest absolute Gasteiger partial charge is 0.352 e. The van der Waals surface area contributed by atoms with Crippen molar-refractivity contribution in [2.24, 2.45) is 0 Å². The smallest absolute Gasteiger partial charge is 0.283 e. The van der Waals surface area contributed by atoms with Crippen molar-refractivity contribution < 1.29 is 14.6 Å². The Morgan fingerprint density at radius 2 is 2.26 bits per heavy atom. The molecule has 2 atom stereocenters. The van der Waals surface area contributed by atoms with Crippen LogP contribution in [-0.2, 0) is 0 Å². The Labute approximate surface area is 141 Å². The van der Waals surface area contributed by atoms with Crippen molar-refractivity contribution in [1.29, 1.82) is 0 Å². The molecule has 0 spiro atoms. The summed E-state index contributed by atoms with van der Waals surface area (Å²) in [5.74, 6) is -0.421. The van der Waals surface area contributed by atoms with Gasteiger partial charge in [0.25, 0.3) is 11.6 Å². The molecule has 126 valence electrons. The van der Waals surface area contributed by atoms with Crippen molar-refractivity contribution in [3.05, 3.63) is 38.9 Å². The second kappa shape index (κ2) is 8.26. The Bertz CT molecular complexity index is 580. The number of rotatable bonds is 6. The molecule has 1 unspecified atom stereocenters. The highest BCUT2D eigenvalue weighted by Crippen LogP contribution is 2.22. The summed E-state index contributed by atoms with van der Waals surface area (Å²) in [6, 6.07) is 4.77. The predicted octanol–water partition coefficient (Wildman–Crippen LogP) is 1.83. The molecule has 0 radical (unpaired) electrons. The number of nitrogens with zero attached hydrogens (tertiary/aromatic N) is 1. The van der Waals surface area contributed by atoms with E-state index in [1.165, 1.54) is 44.0 Å². The highest BCUT2D eigenvalue weighted by Gasteiger charge is 2.22. The standard InChI is InChI=1S/C16H22ClN3O3/c1-12-5-2-3-9-19(12)10-4-8-18-16(21)14-7-6-13(17)11-15(14)20(22)23/h6-7,11-12H,2-5,8-10H2,1H3,(H,18,21)/p+1/t12-/m1/s1. The van der Waals surface area contributed by atoms with Crippen LogP contribution in [0, 0.1) is 10.1 Å². The summed E-state index contributed by atoms with van der Waals surface area (Å²) in [6.45, 7) is 5.00. The van der Waals surface area contributed by atoms with Crippen LogP contribution in [0.1, 0.15) is 43.0 Å². The van der Waals surface area contributed by atoms with Gasteiger partial charge in [0, 0.05) is 24.1 Å². The van der Waals surface area contributed by atoms with E-state index < -0.39 is 10.8 Å². The molecule has 0 bridgehead atoms. The fraction of sp³-hybridized carbons (Fsp3) is 0.562. The zero-order valence-electron chi connectivity index (χ0n) is 13.3. The number of carbonyl (C=O) groups excluding carboxylic acids is 1. The van der Waals surface area contributed by atoms with Crippen LogP contribution in [0.2, 0.25) is 5.02 Å². The third kappa shape index (κ3) is 4.91. The molecule has 1 aliphatic heterocycles. The summed E-state index contributed by atoms with van der Waals surface area (Å²) < 4.78 is 0. The number of hydrogen-bond acceptors (Lipinski definition) is 3. The maximum absolute atomic E-state index is 12.1. The number of hydrogen-bond donors (Lipinski definition) is 2. The molecule has 0 aliphatic carbocycles. The van der Waals surface area contributed by atoms with Crippen LogP contribution in [0.5, 0.6) is 0 Å². The Hall–Kier alpha value is -1.66. The van der Waals surface area contributed by atoms with Crippen molar-refractivity contribution in [1.82, 2.24) is 5.32 Å². The van der Waals surface area contributed by atoms with Crippen LogP contribution in [-0.4, -0.2) is 36.5 Å². The number of carbonyl (C=O) groups is 1. The van der Waals surface area contributed by atoms with E-state index in [1.54, 1.807) is 4.90 Å². The minimum absolute atomic E-state index is 0.0538. The minimum atomic E-state index is -0.583. The Kier molecular flexibility index (Phi) is 6.36. The van der Waals surface area contributed by atoms with Gasteiger partial charge >= 0.3 is 0 Å². The maximum atomic E-state index is 12.1. The highest BCUT2D eigenvalue weighted by molar-refractivity contribution is 6.31. The molecule has 1 fully saturated rings. The van der Waals surface area contributed by atoms with E-state index in [2.05, 4.69) is 12.2 Å². The fourth-order valence-corrected chi connectivity index (χ4v) is 3.25. The summed E-state index contributed by atoms with van der Waals surface area (Å²) >= 11 is 5.75. The van der Waals surface area contributed by atoms with Gasteiger partial charge in [0.05, 0.1) is 24.1 Å². The molecular formula is C16H23ClN3O3+. The van der Waals surface area contributed by atoms with E-state index in [9.17, 15) is 14.9 Å². The topological polar surface area (TPSA) is 76.7 Å². The second-order valence-corrected chi connectivity index (χ2v) is 6.52. The van der Waals surface area contributed by atoms with Gasteiger partial charge in [-0.15, -0.1) is 0 Å².